The van der Waals surface area contributed by atoms with Gasteiger partial charge in [-0.3, -0.25) is 14.5 Å². The lowest BCUT2D eigenvalue weighted by molar-refractivity contribution is -0.122. The SMILES string of the molecule is C=CCN1C(=O)SC(=Cc2ccc(OCC)cc2)C1=O. The van der Waals surface area contributed by atoms with Crippen molar-refractivity contribution in [1.29, 1.82) is 0 Å². The summed E-state index contributed by atoms with van der Waals surface area (Å²) in [6.45, 7) is 6.31. The maximum atomic E-state index is 12.0. The number of nitrogens with zero attached hydrogens (tertiary/aromatic N) is 1. The number of rotatable bonds is 5. The van der Waals surface area contributed by atoms with Gasteiger partial charge >= 0.3 is 0 Å². The Labute approximate surface area is 122 Å². The van der Waals surface area contributed by atoms with Crippen LogP contribution >= 0.6 is 11.8 Å². The monoisotopic (exact) mass is 289 g/mol. The zero-order valence-corrected chi connectivity index (χ0v) is 12.0. The van der Waals surface area contributed by atoms with Gasteiger partial charge in [-0.15, -0.1) is 6.58 Å². The lowest BCUT2D eigenvalue weighted by atomic mass is 10.2. The number of carbonyl (C=O) groups excluding carboxylic acids is 2. The predicted molar refractivity (Wildman–Crippen MR) is 80.5 cm³/mol. The van der Waals surface area contributed by atoms with Gasteiger partial charge in [0.2, 0.25) is 0 Å². The van der Waals surface area contributed by atoms with E-state index in [0.29, 0.717) is 11.5 Å². The van der Waals surface area contributed by atoms with Crippen LogP contribution in [0.3, 0.4) is 0 Å². The molecular formula is C15H15NO3S. The number of hydrogen-bond donors (Lipinski definition) is 0. The highest BCUT2D eigenvalue weighted by atomic mass is 32.2. The third-order valence-electron chi connectivity index (χ3n) is 2.67. The Bertz CT molecular complexity index is 563. The van der Waals surface area contributed by atoms with E-state index in [0.717, 1.165) is 23.1 Å². The molecule has 1 aliphatic heterocycles. The fraction of sp³-hybridized carbons (Fsp3) is 0.200. The molecule has 0 radical (unpaired) electrons. The molecule has 4 nitrogen and oxygen atoms in total. The van der Waals surface area contributed by atoms with E-state index in [1.165, 1.54) is 11.0 Å². The average Bonchev–Trinajstić information content (AvgIpc) is 2.69. The van der Waals surface area contributed by atoms with Crippen LogP contribution in [0.1, 0.15) is 12.5 Å². The lowest BCUT2D eigenvalue weighted by Crippen LogP contribution is -2.27. The Morgan fingerprint density at radius 1 is 1.30 bits per heavy atom. The topological polar surface area (TPSA) is 46.6 Å². The molecule has 0 bridgehead atoms. The van der Waals surface area contributed by atoms with Crippen molar-refractivity contribution in [2.24, 2.45) is 0 Å². The molecular weight excluding hydrogens is 274 g/mol. The summed E-state index contributed by atoms with van der Waals surface area (Å²) in [6.07, 6.45) is 3.25. The van der Waals surface area contributed by atoms with Crippen LogP contribution in [0, 0.1) is 0 Å². The van der Waals surface area contributed by atoms with Gasteiger partial charge in [0.05, 0.1) is 11.5 Å². The maximum Gasteiger partial charge on any atom is 0.293 e. The van der Waals surface area contributed by atoms with Gasteiger partial charge in [-0.05, 0) is 42.5 Å². The van der Waals surface area contributed by atoms with Gasteiger partial charge in [-0.2, -0.15) is 0 Å². The van der Waals surface area contributed by atoms with Crippen molar-refractivity contribution in [2.75, 3.05) is 13.2 Å². The summed E-state index contributed by atoms with van der Waals surface area (Å²) >= 11 is 0.951. The van der Waals surface area contributed by atoms with Crippen LogP contribution in [0.4, 0.5) is 4.79 Å². The summed E-state index contributed by atoms with van der Waals surface area (Å²) in [5, 5.41) is -0.257. The largest absolute Gasteiger partial charge is 0.494 e. The van der Waals surface area contributed by atoms with E-state index in [1.54, 1.807) is 6.08 Å². The fourth-order valence-corrected chi connectivity index (χ4v) is 2.61. The number of hydrogen-bond acceptors (Lipinski definition) is 4. The van der Waals surface area contributed by atoms with E-state index in [2.05, 4.69) is 6.58 Å². The Hall–Kier alpha value is -2.01. The summed E-state index contributed by atoms with van der Waals surface area (Å²) in [5.74, 6) is 0.512. The Morgan fingerprint density at radius 3 is 2.60 bits per heavy atom. The van der Waals surface area contributed by atoms with Crippen molar-refractivity contribution in [3.05, 3.63) is 47.4 Å². The van der Waals surface area contributed by atoms with Gasteiger partial charge < -0.3 is 4.74 Å². The van der Waals surface area contributed by atoms with Crippen LogP contribution in [-0.4, -0.2) is 29.2 Å². The molecule has 1 aliphatic rings. The van der Waals surface area contributed by atoms with Crippen molar-refractivity contribution in [2.45, 2.75) is 6.92 Å². The second kappa shape index (κ2) is 6.43. The summed E-state index contributed by atoms with van der Waals surface area (Å²) in [6, 6.07) is 7.38. The van der Waals surface area contributed by atoms with Gasteiger partial charge in [-0.1, -0.05) is 18.2 Å². The molecule has 5 heteroatoms. The first-order chi connectivity index (χ1) is 9.65. The average molecular weight is 289 g/mol. The molecule has 0 atom stereocenters. The zero-order chi connectivity index (χ0) is 14.5. The number of ether oxygens (including phenoxy) is 1. The van der Waals surface area contributed by atoms with E-state index in [1.807, 2.05) is 31.2 Å². The summed E-state index contributed by atoms with van der Waals surface area (Å²) in [4.78, 5) is 25.3. The maximum absolute atomic E-state index is 12.0. The summed E-state index contributed by atoms with van der Waals surface area (Å²) in [7, 11) is 0. The van der Waals surface area contributed by atoms with E-state index in [9.17, 15) is 9.59 Å². The molecule has 1 saturated heterocycles. The van der Waals surface area contributed by atoms with Crippen molar-refractivity contribution in [3.8, 4) is 5.75 Å². The first kappa shape index (κ1) is 14.4. The van der Waals surface area contributed by atoms with Crippen LogP contribution in [0.5, 0.6) is 5.75 Å². The van der Waals surface area contributed by atoms with Gasteiger partial charge in [-0.25, -0.2) is 0 Å². The highest BCUT2D eigenvalue weighted by molar-refractivity contribution is 8.18. The van der Waals surface area contributed by atoms with Gasteiger partial charge in [0.25, 0.3) is 11.1 Å². The third-order valence-corrected chi connectivity index (χ3v) is 3.58. The molecule has 2 amide bonds. The minimum absolute atomic E-state index is 0.241. The van der Waals surface area contributed by atoms with Crippen LogP contribution in [0.2, 0.25) is 0 Å². The van der Waals surface area contributed by atoms with Crippen LogP contribution in [0.25, 0.3) is 6.08 Å². The molecule has 1 aromatic carbocycles. The molecule has 104 valence electrons. The number of amides is 2. The zero-order valence-electron chi connectivity index (χ0n) is 11.2. The molecule has 2 rings (SSSR count). The summed E-state index contributed by atoms with van der Waals surface area (Å²) in [5.41, 5.74) is 0.859. The van der Waals surface area contributed by atoms with Crippen molar-refractivity contribution in [3.63, 3.8) is 0 Å². The molecule has 20 heavy (non-hydrogen) atoms. The standard InChI is InChI=1S/C15H15NO3S/c1-3-9-16-14(17)13(20-15(16)18)10-11-5-7-12(8-6-11)19-4-2/h3,5-8,10H,1,4,9H2,2H3. The third kappa shape index (κ3) is 3.11. The lowest BCUT2D eigenvalue weighted by Gasteiger charge is -2.07. The minimum Gasteiger partial charge on any atom is -0.494 e. The highest BCUT2D eigenvalue weighted by Gasteiger charge is 2.33. The Morgan fingerprint density at radius 2 is 2.00 bits per heavy atom. The summed E-state index contributed by atoms with van der Waals surface area (Å²) < 4.78 is 5.35. The Kier molecular flexibility index (Phi) is 4.63. The first-order valence-electron chi connectivity index (χ1n) is 6.25. The van der Waals surface area contributed by atoms with Crippen LogP contribution < -0.4 is 4.74 Å². The van der Waals surface area contributed by atoms with E-state index >= 15 is 0 Å². The molecule has 0 aromatic heterocycles. The number of thioether (sulfide) groups is 1. The minimum atomic E-state index is -0.270. The normalized spacial score (nSPS) is 16.9. The number of imide groups is 1. The molecule has 1 fully saturated rings. The fourth-order valence-electron chi connectivity index (χ4n) is 1.76. The van der Waals surface area contributed by atoms with E-state index < -0.39 is 0 Å². The number of benzene rings is 1. The smallest absolute Gasteiger partial charge is 0.293 e. The van der Waals surface area contributed by atoms with Gasteiger partial charge in [0, 0.05) is 6.54 Å². The van der Waals surface area contributed by atoms with Gasteiger partial charge in [0.1, 0.15) is 5.75 Å². The van der Waals surface area contributed by atoms with Crippen LogP contribution in [-0.2, 0) is 4.79 Å². The van der Waals surface area contributed by atoms with E-state index in [-0.39, 0.29) is 17.7 Å². The molecule has 1 aromatic rings. The molecule has 1 heterocycles. The molecule has 0 spiro atoms. The van der Waals surface area contributed by atoms with E-state index in [4.69, 9.17) is 4.74 Å². The Balaban J connectivity index is 2.17. The first-order valence-corrected chi connectivity index (χ1v) is 7.06. The quantitative estimate of drug-likeness (QED) is 0.616. The van der Waals surface area contributed by atoms with Gasteiger partial charge in [0.15, 0.2) is 0 Å². The van der Waals surface area contributed by atoms with Crippen molar-refractivity contribution in [1.82, 2.24) is 4.90 Å². The van der Waals surface area contributed by atoms with Crippen molar-refractivity contribution >= 4 is 29.0 Å². The highest BCUT2D eigenvalue weighted by Crippen LogP contribution is 2.32. The van der Waals surface area contributed by atoms with Crippen molar-refractivity contribution < 1.29 is 14.3 Å². The molecule has 0 unspecified atom stereocenters. The molecule has 0 aliphatic carbocycles. The second-order valence-electron chi connectivity index (χ2n) is 4.08. The predicted octanol–water partition coefficient (Wildman–Crippen LogP) is 3.31. The van der Waals surface area contributed by atoms with Crippen LogP contribution in [0.15, 0.2) is 41.8 Å². The second-order valence-corrected chi connectivity index (χ2v) is 5.08. The molecule has 0 saturated carbocycles. The number of carbonyl (C=O) groups is 2. The molecule has 0 N–H and O–H groups in total.